The first-order valence-electron chi connectivity index (χ1n) is 7.93. The molecule has 0 fully saturated rings. The molecule has 2 aromatic carbocycles. The third kappa shape index (κ3) is 3.07. The number of hydrogen-bond donors (Lipinski definition) is 0. The number of ether oxygens (including phenoxy) is 1. The van der Waals surface area contributed by atoms with Crippen LogP contribution >= 0.6 is 0 Å². The average molecular weight is 363 g/mol. The van der Waals surface area contributed by atoms with E-state index in [1.165, 1.54) is 25.3 Å². The number of aromatic nitrogens is 1. The summed E-state index contributed by atoms with van der Waals surface area (Å²) in [6.45, 7) is 3.47. The van der Waals surface area contributed by atoms with Gasteiger partial charge in [-0.05, 0) is 49.7 Å². The maximum Gasteiger partial charge on any atom is 0.418 e. The normalized spacial score (nSPS) is 11.7. The van der Waals surface area contributed by atoms with Crippen LogP contribution in [0.25, 0.3) is 16.8 Å². The Kier molecular flexibility index (Phi) is 4.52. The van der Waals surface area contributed by atoms with Gasteiger partial charge >= 0.3 is 6.18 Å². The molecule has 0 unspecified atom stereocenters. The number of benzene rings is 2. The minimum Gasteiger partial charge on any atom is -0.494 e. The fourth-order valence-corrected chi connectivity index (χ4v) is 3.10. The van der Waals surface area contributed by atoms with Gasteiger partial charge in [-0.2, -0.15) is 13.2 Å². The second-order valence-corrected chi connectivity index (χ2v) is 6.00. The molecule has 0 radical (unpaired) electrons. The molecule has 6 heteroatoms. The number of rotatable bonds is 3. The van der Waals surface area contributed by atoms with Crippen molar-refractivity contribution in [2.24, 2.45) is 0 Å². The van der Waals surface area contributed by atoms with Crippen molar-refractivity contribution in [1.82, 2.24) is 4.57 Å². The van der Waals surface area contributed by atoms with Crippen LogP contribution in [0.15, 0.2) is 48.5 Å². The molecule has 3 aromatic rings. The summed E-state index contributed by atoms with van der Waals surface area (Å²) in [5.41, 5.74) is 1.18. The molecule has 1 heterocycles. The molecule has 26 heavy (non-hydrogen) atoms. The van der Waals surface area contributed by atoms with Gasteiger partial charge in [0.2, 0.25) is 0 Å². The predicted octanol–water partition coefficient (Wildman–Crippen LogP) is 5.93. The largest absolute Gasteiger partial charge is 0.494 e. The Hall–Kier alpha value is -2.76. The number of para-hydroxylation sites is 1. The number of methoxy groups -OCH3 is 1. The Morgan fingerprint density at radius 2 is 1.58 bits per heavy atom. The molecule has 0 saturated heterocycles. The molecule has 0 N–H and O–H groups in total. The standard InChI is InChI=1S/C20H17F4NO/c1-12-7-8-13(2)25(12)19-15(5-4-6-16(19)20(22,23)24)14-9-10-18(26-3)17(21)11-14/h4-11H,1-3H3. The Labute approximate surface area is 148 Å². The summed E-state index contributed by atoms with van der Waals surface area (Å²) in [5.74, 6) is -0.593. The second kappa shape index (κ2) is 6.52. The van der Waals surface area contributed by atoms with Crippen LogP contribution in [0.1, 0.15) is 17.0 Å². The third-order valence-electron chi connectivity index (χ3n) is 4.30. The van der Waals surface area contributed by atoms with Crippen molar-refractivity contribution in [2.75, 3.05) is 7.11 Å². The van der Waals surface area contributed by atoms with Crippen LogP contribution in [0.4, 0.5) is 17.6 Å². The van der Waals surface area contributed by atoms with Gasteiger partial charge in [0.25, 0.3) is 0 Å². The first-order chi connectivity index (χ1) is 12.2. The zero-order chi connectivity index (χ0) is 19.1. The summed E-state index contributed by atoms with van der Waals surface area (Å²) in [5, 5.41) is 0. The Morgan fingerprint density at radius 1 is 0.923 bits per heavy atom. The van der Waals surface area contributed by atoms with Gasteiger partial charge in [-0.3, -0.25) is 0 Å². The lowest BCUT2D eigenvalue weighted by Gasteiger charge is -2.21. The molecule has 0 amide bonds. The van der Waals surface area contributed by atoms with Gasteiger partial charge in [-0.15, -0.1) is 0 Å². The van der Waals surface area contributed by atoms with E-state index in [2.05, 4.69) is 0 Å². The van der Waals surface area contributed by atoms with Gasteiger partial charge < -0.3 is 9.30 Å². The van der Waals surface area contributed by atoms with Crippen molar-refractivity contribution >= 4 is 0 Å². The molecular weight excluding hydrogens is 346 g/mol. The molecule has 2 nitrogen and oxygen atoms in total. The molecule has 1 aromatic heterocycles. The van der Waals surface area contributed by atoms with E-state index in [-0.39, 0.29) is 11.4 Å². The molecule has 0 bridgehead atoms. The SMILES string of the molecule is COc1ccc(-c2cccc(C(F)(F)F)c2-n2c(C)ccc2C)cc1F. The van der Waals surface area contributed by atoms with Crippen LogP contribution in [0.5, 0.6) is 5.75 Å². The summed E-state index contributed by atoms with van der Waals surface area (Å²) in [6, 6.07) is 11.6. The van der Waals surface area contributed by atoms with Gasteiger partial charge in [-0.25, -0.2) is 4.39 Å². The predicted molar refractivity (Wildman–Crippen MR) is 92.2 cm³/mol. The third-order valence-corrected chi connectivity index (χ3v) is 4.30. The molecule has 0 aliphatic carbocycles. The van der Waals surface area contributed by atoms with Gasteiger partial charge in [0.05, 0.1) is 18.4 Å². The molecule has 0 spiro atoms. The van der Waals surface area contributed by atoms with Crippen LogP contribution in [0.2, 0.25) is 0 Å². The fourth-order valence-electron chi connectivity index (χ4n) is 3.10. The second-order valence-electron chi connectivity index (χ2n) is 6.00. The van der Waals surface area contributed by atoms with E-state index in [1.807, 2.05) is 0 Å². The van der Waals surface area contributed by atoms with E-state index >= 15 is 0 Å². The van der Waals surface area contributed by atoms with Crippen LogP contribution in [-0.4, -0.2) is 11.7 Å². The van der Waals surface area contributed by atoms with Crippen molar-refractivity contribution in [3.63, 3.8) is 0 Å². The highest BCUT2D eigenvalue weighted by molar-refractivity contribution is 5.76. The molecule has 0 aliphatic rings. The smallest absolute Gasteiger partial charge is 0.418 e. The minimum absolute atomic E-state index is 0.00966. The van der Waals surface area contributed by atoms with Crippen LogP contribution in [0.3, 0.4) is 0 Å². The van der Waals surface area contributed by atoms with Gasteiger partial charge in [0, 0.05) is 17.0 Å². The van der Waals surface area contributed by atoms with Crippen molar-refractivity contribution in [3.05, 3.63) is 71.3 Å². The number of alkyl halides is 3. The van der Waals surface area contributed by atoms with E-state index in [0.717, 1.165) is 6.07 Å². The highest BCUT2D eigenvalue weighted by atomic mass is 19.4. The molecule has 3 rings (SSSR count). The fraction of sp³-hybridized carbons (Fsp3) is 0.200. The molecule has 0 aliphatic heterocycles. The van der Waals surface area contributed by atoms with Gasteiger partial charge in [0.1, 0.15) is 0 Å². The van der Waals surface area contributed by atoms with Crippen molar-refractivity contribution in [1.29, 1.82) is 0 Å². The number of halogens is 4. The summed E-state index contributed by atoms with van der Waals surface area (Å²) in [6.07, 6.45) is -4.54. The lowest BCUT2D eigenvalue weighted by Crippen LogP contribution is -2.13. The van der Waals surface area contributed by atoms with Crippen LogP contribution in [0, 0.1) is 19.7 Å². The number of nitrogens with zero attached hydrogens (tertiary/aromatic N) is 1. The Balaban J connectivity index is 2.35. The molecule has 136 valence electrons. The Morgan fingerprint density at radius 3 is 2.12 bits per heavy atom. The van der Waals surface area contributed by atoms with E-state index in [0.29, 0.717) is 22.5 Å². The summed E-state index contributed by atoms with van der Waals surface area (Å²) < 4.78 is 61.7. The lowest BCUT2D eigenvalue weighted by molar-refractivity contribution is -0.137. The highest BCUT2D eigenvalue weighted by Crippen LogP contribution is 2.40. The summed E-state index contributed by atoms with van der Waals surface area (Å²) in [7, 11) is 1.33. The van der Waals surface area contributed by atoms with Crippen molar-refractivity contribution in [2.45, 2.75) is 20.0 Å². The average Bonchev–Trinajstić information content (AvgIpc) is 2.91. The van der Waals surface area contributed by atoms with Gasteiger partial charge in [-0.1, -0.05) is 18.2 Å². The molecule has 0 atom stereocenters. The van der Waals surface area contributed by atoms with E-state index in [1.54, 1.807) is 42.7 Å². The zero-order valence-electron chi connectivity index (χ0n) is 14.5. The number of hydrogen-bond acceptors (Lipinski definition) is 1. The zero-order valence-corrected chi connectivity index (χ0v) is 14.5. The topological polar surface area (TPSA) is 14.2 Å². The summed E-state index contributed by atoms with van der Waals surface area (Å²) in [4.78, 5) is 0. The van der Waals surface area contributed by atoms with Crippen LogP contribution in [-0.2, 0) is 6.18 Å². The highest BCUT2D eigenvalue weighted by Gasteiger charge is 2.35. The molecular formula is C20H17F4NO. The van der Waals surface area contributed by atoms with Crippen LogP contribution < -0.4 is 4.74 Å². The first-order valence-corrected chi connectivity index (χ1v) is 7.93. The van der Waals surface area contributed by atoms with E-state index in [4.69, 9.17) is 4.74 Å². The summed E-state index contributed by atoms with van der Waals surface area (Å²) >= 11 is 0. The maximum atomic E-state index is 14.1. The molecule has 0 saturated carbocycles. The quantitative estimate of drug-likeness (QED) is 0.526. The first kappa shape index (κ1) is 18.0. The van der Waals surface area contributed by atoms with Gasteiger partial charge in [0.15, 0.2) is 11.6 Å². The van der Waals surface area contributed by atoms with Crippen molar-refractivity contribution < 1.29 is 22.3 Å². The van der Waals surface area contributed by atoms with E-state index < -0.39 is 17.6 Å². The maximum absolute atomic E-state index is 14.1. The van der Waals surface area contributed by atoms with E-state index in [9.17, 15) is 17.6 Å². The minimum atomic E-state index is -4.54. The number of aryl methyl sites for hydroxylation is 2. The van der Waals surface area contributed by atoms with Crippen molar-refractivity contribution in [3.8, 4) is 22.6 Å². The monoisotopic (exact) mass is 363 g/mol. The Bertz CT molecular complexity index is 937. The lowest BCUT2D eigenvalue weighted by atomic mass is 9.98.